The zero-order valence-corrected chi connectivity index (χ0v) is 12.5. The van der Waals surface area contributed by atoms with Crippen LogP contribution in [-0.4, -0.2) is 30.6 Å². The van der Waals surface area contributed by atoms with Gasteiger partial charge in [-0.25, -0.2) is 0 Å². The van der Waals surface area contributed by atoms with Crippen LogP contribution in [0.15, 0.2) is 24.3 Å². The molecule has 1 unspecified atom stereocenters. The molecule has 5 nitrogen and oxygen atoms in total. The summed E-state index contributed by atoms with van der Waals surface area (Å²) >= 11 is 0. The number of hydrogen-bond donors (Lipinski definition) is 3. The molecule has 1 aliphatic rings. The lowest BCUT2D eigenvalue weighted by molar-refractivity contribution is -0.138. The number of alkyl halides is 3. The molecule has 8 heteroatoms. The lowest BCUT2D eigenvalue weighted by Crippen LogP contribution is -2.42. The van der Waals surface area contributed by atoms with E-state index >= 15 is 0 Å². The van der Waals surface area contributed by atoms with Crippen molar-refractivity contribution in [3.63, 3.8) is 0 Å². The second-order valence-electron chi connectivity index (χ2n) is 5.54. The number of rotatable bonds is 6. The van der Waals surface area contributed by atoms with E-state index in [1.807, 2.05) is 5.32 Å². The quantitative estimate of drug-likeness (QED) is 0.751. The van der Waals surface area contributed by atoms with E-state index in [0.717, 1.165) is 12.8 Å². The van der Waals surface area contributed by atoms with Crippen LogP contribution in [0, 0.1) is 5.92 Å². The smallest absolute Gasteiger partial charge is 0.374 e. The highest BCUT2D eigenvalue weighted by Crippen LogP contribution is 2.30. The Bertz CT molecular complexity index is 568. The minimum atomic E-state index is -4.43. The predicted octanol–water partition coefficient (Wildman–Crippen LogP) is 2.51. The minimum Gasteiger partial charge on any atom is -0.374 e. The van der Waals surface area contributed by atoms with Crippen molar-refractivity contribution < 1.29 is 22.8 Å². The minimum absolute atomic E-state index is 0.00870. The number of amides is 2. The van der Waals surface area contributed by atoms with Crippen LogP contribution < -0.4 is 16.0 Å². The molecule has 0 spiro atoms. The summed E-state index contributed by atoms with van der Waals surface area (Å²) in [6.07, 6.45) is -2.61. The largest absolute Gasteiger partial charge is 0.405 e. The van der Waals surface area contributed by atoms with Crippen LogP contribution in [0.2, 0.25) is 0 Å². The summed E-state index contributed by atoms with van der Waals surface area (Å²) in [5.74, 6) is -0.649. The normalized spacial score (nSPS) is 15.7. The van der Waals surface area contributed by atoms with E-state index in [9.17, 15) is 22.8 Å². The Morgan fingerprint density at radius 2 is 1.74 bits per heavy atom. The molecule has 1 saturated carbocycles. The SMILES string of the molecule is CC(Nc1ccc(NC(=O)C2CC2)cc1)C(=O)NCC(F)(F)F. The number of nitrogens with one attached hydrogen (secondary N) is 3. The van der Waals surface area contributed by atoms with Crippen molar-refractivity contribution in [2.45, 2.75) is 32.0 Å². The molecule has 1 fully saturated rings. The number of anilines is 2. The van der Waals surface area contributed by atoms with E-state index in [-0.39, 0.29) is 11.8 Å². The number of carbonyl (C=O) groups is 2. The molecule has 126 valence electrons. The number of halogens is 3. The van der Waals surface area contributed by atoms with Gasteiger partial charge < -0.3 is 16.0 Å². The van der Waals surface area contributed by atoms with Crippen molar-refractivity contribution in [2.75, 3.05) is 17.2 Å². The van der Waals surface area contributed by atoms with E-state index in [2.05, 4.69) is 10.6 Å². The summed E-state index contributed by atoms with van der Waals surface area (Å²) in [5.41, 5.74) is 1.21. The molecule has 23 heavy (non-hydrogen) atoms. The summed E-state index contributed by atoms with van der Waals surface area (Å²) in [7, 11) is 0. The monoisotopic (exact) mass is 329 g/mol. The third-order valence-electron chi connectivity index (χ3n) is 3.34. The lowest BCUT2D eigenvalue weighted by Gasteiger charge is -2.16. The van der Waals surface area contributed by atoms with Gasteiger partial charge in [0, 0.05) is 17.3 Å². The summed E-state index contributed by atoms with van der Waals surface area (Å²) in [6, 6.07) is 5.82. The zero-order valence-electron chi connectivity index (χ0n) is 12.5. The van der Waals surface area contributed by atoms with Gasteiger partial charge >= 0.3 is 6.18 Å². The standard InChI is InChI=1S/C15H18F3N3O2/c1-9(13(22)19-8-15(16,17)18)20-11-4-6-12(7-5-11)21-14(23)10-2-3-10/h4-7,9-10,20H,2-3,8H2,1H3,(H,19,22)(H,21,23). The topological polar surface area (TPSA) is 70.2 Å². The van der Waals surface area contributed by atoms with Crippen molar-refractivity contribution in [3.05, 3.63) is 24.3 Å². The van der Waals surface area contributed by atoms with E-state index < -0.39 is 24.7 Å². The fourth-order valence-corrected chi connectivity index (χ4v) is 1.90. The molecule has 1 aromatic rings. The molecule has 0 radical (unpaired) electrons. The maximum atomic E-state index is 12.0. The molecule has 0 aromatic heterocycles. The van der Waals surface area contributed by atoms with Gasteiger partial charge in [-0.05, 0) is 44.0 Å². The van der Waals surface area contributed by atoms with E-state index in [0.29, 0.717) is 11.4 Å². The van der Waals surface area contributed by atoms with Crippen molar-refractivity contribution >= 4 is 23.2 Å². The summed E-state index contributed by atoms with van der Waals surface area (Å²) in [5, 5.41) is 7.39. The highest BCUT2D eigenvalue weighted by molar-refractivity contribution is 5.94. The van der Waals surface area contributed by atoms with Crippen LogP contribution in [0.5, 0.6) is 0 Å². The molecule has 3 N–H and O–H groups in total. The van der Waals surface area contributed by atoms with Crippen LogP contribution in [-0.2, 0) is 9.59 Å². The maximum Gasteiger partial charge on any atom is 0.405 e. The van der Waals surface area contributed by atoms with Crippen LogP contribution >= 0.6 is 0 Å². The molecule has 1 aromatic carbocycles. The molecule has 1 aliphatic carbocycles. The summed E-state index contributed by atoms with van der Waals surface area (Å²) < 4.78 is 36.1. The molecule has 0 saturated heterocycles. The molecule has 0 heterocycles. The Balaban J connectivity index is 1.82. The van der Waals surface area contributed by atoms with Gasteiger partial charge in [0.2, 0.25) is 11.8 Å². The van der Waals surface area contributed by atoms with Gasteiger partial charge in [0.25, 0.3) is 0 Å². The van der Waals surface area contributed by atoms with Gasteiger partial charge in [-0.1, -0.05) is 0 Å². The molecule has 0 bridgehead atoms. The summed E-state index contributed by atoms with van der Waals surface area (Å²) in [6.45, 7) is 0.110. The van der Waals surface area contributed by atoms with Crippen molar-refractivity contribution in [3.8, 4) is 0 Å². The number of carbonyl (C=O) groups excluding carboxylic acids is 2. The molecule has 0 aliphatic heterocycles. The summed E-state index contributed by atoms with van der Waals surface area (Å²) in [4.78, 5) is 23.2. The van der Waals surface area contributed by atoms with Gasteiger partial charge in [0.15, 0.2) is 0 Å². The van der Waals surface area contributed by atoms with Gasteiger partial charge in [-0.2, -0.15) is 13.2 Å². The average Bonchev–Trinajstić information content (AvgIpc) is 3.30. The Morgan fingerprint density at radius 3 is 2.26 bits per heavy atom. The first-order chi connectivity index (χ1) is 10.7. The third kappa shape index (κ3) is 5.80. The maximum absolute atomic E-state index is 12.0. The molecular weight excluding hydrogens is 311 g/mol. The van der Waals surface area contributed by atoms with Crippen LogP contribution in [0.1, 0.15) is 19.8 Å². The first-order valence-electron chi connectivity index (χ1n) is 7.26. The first-order valence-corrected chi connectivity index (χ1v) is 7.26. The first kappa shape index (κ1) is 17.1. The van der Waals surface area contributed by atoms with E-state index in [1.54, 1.807) is 24.3 Å². The lowest BCUT2D eigenvalue weighted by atomic mass is 10.2. The van der Waals surface area contributed by atoms with Crippen LogP contribution in [0.4, 0.5) is 24.5 Å². The van der Waals surface area contributed by atoms with Gasteiger partial charge in [0.1, 0.15) is 12.6 Å². The highest BCUT2D eigenvalue weighted by atomic mass is 19.4. The van der Waals surface area contributed by atoms with Gasteiger partial charge in [-0.3, -0.25) is 9.59 Å². The van der Waals surface area contributed by atoms with Gasteiger partial charge in [0.05, 0.1) is 0 Å². The van der Waals surface area contributed by atoms with Crippen molar-refractivity contribution in [2.24, 2.45) is 5.92 Å². The van der Waals surface area contributed by atoms with E-state index in [1.165, 1.54) is 6.92 Å². The van der Waals surface area contributed by atoms with Crippen LogP contribution in [0.3, 0.4) is 0 Å². The number of hydrogen-bond acceptors (Lipinski definition) is 3. The fourth-order valence-electron chi connectivity index (χ4n) is 1.90. The van der Waals surface area contributed by atoms with Crippen molar-refractivity contribution in [1.29, 1.82) is 0 Å². The van der Waals surface area contributed by atoms with Crippen molar-refractivity contribution in [1.82, 2.24) is 5.32 Å². The molecule has 2 rings (SSSR count). The molecular formula is C15H18F3N3O2. The fraction of sp³-hybridized carbons (Fsp3) is 0.467. The third-order valence-corrected chi connectivity index (χ3v) is 3.34. The highest BCUT2D eigenvalue weighted by Gasteiger charge is 2.30. The van der Waals surface area contributed by atoms with E-state index in [4.69, 9.17) is 0 Å². The Morgan fingerprint density at radius 1 is 1.17 bits per heavy atom. The Hall–Kier alpha value is -2.25. The molecule has 1 atom stereocenters. The number of benzene rings is 1. The average molecular weight is 329 g/mol. The Kier molecular flexibility index (Phi) is 5.12. The zero-order chi connectivity index (χ0) is 17.0. The second kappa shape index (κ2) is 6.89. The molecule has 2 amide bonds. The predicted molar refractivity (Wildman–Crippen MR) is 79.9 cm³/mol. The second-order valence-corrected chi connectivity index (χ2v) is 5.54. The Labute approximate surface area is 131 Å². The van der Waals surface area contributed by atoms with Crippen LogP contribution in [0.25, 0.3) is 0 Å². The van der Waals surface area contributed by atoms with Gasteiger partial charge in [-0.15, -0.1) is 0 Å².